The average Bonchev–Trinajstić information content (AvgIpc) is 4.01. The van der Waals surface area contributed by atoms with E-state index < -0.39 is 0 Å². The number of thiophene rings is 1. The van der Waals surface area contributed by atoms with Gasteiger partial charge < -0.3 is 4.57 Å². The van der Waals surface area contributed by atoms with Crippen molar-refractivity contribution in [3.63, 3.8) is 0 Å². The minimum absolute atomic E-state index is 0.679. The Labute approximate surface area is 365 Å². The fourth-order valence-corrected chi connectivity index (χ4v) is 10.3. The van der Waals surface area contributed by atoms with Gasteiger partial charge in [-0.25, -0.2) is 15.0 Å². The molecule has 0 N–H and O–H groups in total. The van der Waals surface area contributed by atoms with E-state index in [1.165, 1.54) is 25.6 Å². The molecule has 0 bridgehead atoms. The van der Waals surface area contributed by atoms with Gasteiger partial charge in [0, 0.05) is 71.8 Å². The number of fused-ring (bicyclic) bond motifs is 9. The summed E-state index contributed by atoms with van der Waals surface area (Å²) in [5, 5.41) is 5.88. The highest BCUT2D eigenvalue weighted by Crippen LogP contribution is 2.40. The molecule has 0 aliphatic heterocycles. The van der Waals surface area contributed by atoms with Crippen LogP contribution in [-0.4, -0.2) is 29.1 Å². The van der Waals surface area contributed by atoms with Gasteiger partial charge >= 0.3 is 0 Å². The number of rotatable bonds is 6. The summed E-state index contributed by atoms with van der Waals surface area (Å²) in [6.07, 6.45) is 1.88. The average molecular weight is 823 g/mol. The van der Waals surface area contributed by atoms with Gasteiger partial charge in [0.2, 0.25) is 0 Å². The molecule has 63 heavy (non-hydrogen) atoms. The number of hydrogen-bond acceptors (Lipinski definition) is 5. The monoisotopic (exact) mass is 822 g/mol. The molecule has 6 nitrogen and oxygen atoms in total. The summed E-state index contributed by atoms with van der Waals surface area (Å²) in [5.41, 5.74) is 13.4. The molecule has 0 saturated carbocycles. The molecule has 294 valence electrons. The number of hydrogen-bond donors (Lipinski definition) is 0. The zero-order chi connectivity index (χ0) is 41.4. The van der Waals surface area contributed by atoms with Gasteiger partial charge in [-0.1, -0.05) is 121 Å². The molecule has 13 rings (SSSR count). The van der Waals surface area contributed by atoms with Gasteiger partial charge in [-0.3, -0.25) is 9.55 Å². The third kappa shape index (κ3) is 5.78. The molecule has 6 aromatic heterocycles. The molecule has 0 radical (unpaired) electrons. The Kier molecular flexibility index (Phi) is 7.98. The second kappa shape index (κ2) is 14.2. The van der Waals surface area contributed by atoms with Gasteiger partial charge in [-0.15, -0.1) is 11.3 Å². The van der Waals surface area contributed by atoms with Crippen LogP contribution in [0.3, 0.4) is 0 Å². The lowest BCUT2D eigenvalue weighted by atomic mass is 10.0. The van der Waals surface area contributed by atoms with Gasteiger partial charge in [-0.2, -0.15) is 0 Å². The summed E-state index contributed by atoms with van der Waals surface area (Å²) >= 11 is 1.79. The van der Waals surface area contributed by atoms with Crippen LogP contribution in [0.15, 0.2) is 206 Å². The third-order valence-corrected chi connectivity index (χ3v) is 13.3. The van der Waals surface area contributed by atoms with Gasteiger partial charge in [0.15, 0.2) is 5.82 Å². The van der Waals surface area contributed by atoms with Crippen LogP contribution >= 0.6 is 11.3 Å². The summed E-state index contributed by atoms with van der Waals surface area (Å²) in [5.74, 6) is 1.48. The number of benzene rings is 7. The van der Waals surface area contributed by atoms with Gasteiger partial charge in [0.05, 0.1) is 49.4 Å². The van der Waals surface area contributed by atoms with Crippen LogP contribution in [0, 0.1) is 0 Å². The minimum Gasteiger partial charge on any atom is -0.309 e. The maximum absolute atomic E-state index is 5.35. The van der Waals surface area contributed by atoms with Crippen LogP contribution < -0.4 is 0 Å². The SMILES string of the molecule is c1ccc(-c2cc(-n3c4ccccc4c4ccc(-c5cccc(-c6ccc7c(c6)c6ccccc6n7-c6ccc7sc8cccnc8c7c6)n5)cc43)nc(-c3ccccc3)n2)cc1. The van der Waals surface area contributed by atoms with Crippen molar-refractivity contribution in [1.82, 2.24) is 29.1 Å². The highest BCUT2D eigenvalue weighted by Gasteiger charge is 2.19. The van der Waals surface area contributed by atoms with Crippen molar-refractivity contribution < 1.29 is 0 Å². The first-order valence-corrected chi connectivity index (χ1v) is 21.9. The number of pyridine rings is 2. The predicted molar refractivity (Wildman–Crippen MR) is 261 cm³/mol. The van der Waals surface area contributed by atoms with Crippen molar-refractivity contribution in [2.75, 3.05) is 0 Å². The Morgan fingerprint density at radius 1 is 0.349 bits per heavy atom. The van der Waals surface area contributed by atoms with Crippen molar-refractivity contribution in [2.24, 2.45) is 0 Å². The lowest BCUT2D eigenvalue weighted by Crippen LogP contribution is -2.02. The maximum Gasteiger partial charge on any atom is 0.162 e. The highest BCUT2D eigenvalue weighted by molar-refractivity contribution is 7.25. The molecule has 0 spiro atoms. The predicted octanol–water partition coefficient (Wildman–Crippen LogP) is 14.5. The van der Waals surface area contributed by atoms with Crippen molar-refractivity contribution in [3.05, 3.63) is 206 Å². The van der Waals surface area contributed by atoms with E-state index in [0.717, 1.165) is 89.2 Å². The van der Waals surface area contributed by atoms with Gasteiger partial charge in [0.25, 0.3) is 0 Å². The topological polar surface area (TPSA) is 61.4 Å². The standard InChI is InChI=1S/C56H34N6S/c1-3-13-35(14-4-1)47-34-54(60-56(59-47)36-15-5-2-6-16-36)62-49-22-10-7-17-40(49)42-27-24-38(32-51(42)62)46-20-11-19-45(58-46)37-25-28-50-43(31-37)41-18-8-9-21-48(41)61(50)39-26-29-52-44(33-39)55-53(63-52)23-12-30-57-55/h1-34H. The Bertz CT molecular complexity index is 3860. The fourth-order valence-electron chi connectivity index (χ4n) is 9.29. The van der Waals surface area contributed by atoms with E-state index >= 15 is 0 Å². The summed E-state index contributed by atoms with van der Waals surface area (Å²) in [7, 11) is 0. The first kappa shape index (κ1) is 35.5. The van der Waals surface area contributed by atoms with Crippen LogP contribution in [0.1, 0.15) is 0 Å². The number of nitrogens with zero attached hydrogens (tertiary/aromatic N) is 6. The molecule has 6 heterocycles. The van der Waals surface area contributed by atoms with Crippen molar-refractivity contribution in [2.45, 2.75) is 0 Å². The Balaban J connectivity index is 0.942. The van der Waals surface area contributed by atoms with Crippen LogP contribution in [0.2, 0.25) is 0 Å². The molecule has 0 unspecified atom stereocenters. The molecule has 0 aliphatic rings. The molecule has 13 aromatic rings. The molecule has 7 heteroatoms. The summed E-state index contributed by atoms with van der Waals surface area (Å²) in [6.45, 7) is 0. The van der Waals surface area contributed by atoms with E-state index in [0.29, 0.717) is 5.82 Å². The van der Waals surface area contributed by atoms with E-state index in [-0.39, 0.29) is 0 Å². The zero-order valence-electron chi connectivity index (χ0n) is 33.7. The second-order valence-electron chi connectivity index (χ2n) is 15.9. The normalized spacial score (nSPS) is 11.8. The Hall–Kier alpha value is -8.26. The third-order valence-electron chi connectivity index (χ3n) is 12.2. The molecule has 0 atom stereocenters. The van der Waals surface area contributed by atoms with Crippen LogP contribution in [0.5, 0.6) is 0 Å². The lowest BCUT2D eigenvalue weighted by molar-refractivity contribution is 1.05. The first-order valence-electron chi connectivity index (χ1n) is 21.0. The number of aromatic nitrogens is 6. The molecule has 7 aromatic carbocycles. The summed E-state index contributed by atoms with van der Waals surface area (Å²) in [4.78, 5) is 20.4. The first-order chi connectivity index (χ1) is 31.2. The summed E-state index contributed by atoms with van der Waals surface area (Å²) in [6, 6.07) is 70.6. The van der Waals surface area contributed by atoms with E-state index in [4.69, 9.17) is 19.9 Å². The van der Waals surface area contributed by atoms with E-state index in [2.05, 4.69) is 179 Å². The highest BCUT2D eigenvalue weighted by atomic mass is 32.1. The van der Waals surface area contributed by atoms with Crippen LogP contribution in [0.4, 0.5) is 0 Å². The van der Waals surface area contributed by atoms with Crippen molar-refractivity contribution >= 4 is 75.3 Å². The van der Waals surface area contributed by atoms with Crippen LogP contribution in [0.25, 0.3) is 121 Å². The van der Waals surface area contributed by atoms with E-state index in [1.807, 2.05) is 36.5 Å². The zero-order valence-corrected chi connectivity index (χ0v) is 34.5. The van der Waals surface area contributed by atoms with Crippen LogP contribution in [-0.2, 0) is 0 Å². The second-order valence-corrected chi connectivity index (χ2v) is 17.0. The smallest absolute Gasteiger partial charge is 0.162 e. The summed E-state index contributed by atoms with van der Waals surface area (Å²) < 4.78 is 7.10. The quantitative estimate of drug-likeness (QED) is 0.168. The molecular weight excluding hydrogens is 789 g/mol. The van der Waals surface area contributed by atoms with Gasteiger partial charge in [0.1, 0.15) is 5.82 Å². The molecule has 0 fully saturated rings. The molecule has 0 saturated heterocycles. The number of para-hydroxylation sites is 2. The molecular formula is C56H34N6S. The van der Waals surface area contributed by atoms with Crippen molar-refractivity contribution in [3.8, 4) is 56.7 Å². The lowest BCUT2D eigenvalue weighted by Gasteiger charge is -2.12. The van der Waals surface area contributed by atoms with Crippen molar-refractivity contribution in [1.29, 1.82) is 0 Å². The van der Waals surface area contributed by atoms with E-state index in [1.54, 1.807) is 11.3 Å². The maximum atomic E-state index is 5.35. The fraction of sp³-hybridized carbons (Fsp3) is 0. The Morgan fingerprint density at radius 2 is 1.02 bits per heavy atom. The Morgan fingerprint density at radius 3 is 1.83 bits per heavy atom. The molecule has 0 amide bonds. The molecule has 0 aliphatic carbocycles. The largest absolute Gasteiger partial charge is 0.309 e. The van der Waals surface area contributed by atoms with E-state index in [9.17, 15) is 0 Å². The van der Waals surface area contributed by atoms with Gasteiger partial charge in [-0.05, 0) is 72.8 Å². The minimum atomic E-state index is 0.679.